The highest BCUT2D eigenvalue weighted by Crippen LogP contribution is 2.26. The van der Waals surface area contributed by atoms with E-state index in [0.717, 1.165) is 38.3 Å². The normalized spacial score (nSPS) is 22.3. The minimum Gasteiger partial charge on any atom is -0.338 e. The Bertz CT molecular complexity index is 878. The predicted molar refractivity (Wildman–Crippen MR) is 122 cm³/mol. The van der Waals surface area contributed by atoms with Crippen molar-refractivity contribution in [2.75, 3.05) is 11.9 Å². The van der Waals surface area contributed by atoms with Crippen LogP contribution in [0.5, 0.6) is 0 Å². The number of hydrogen-bond acceptors (Lipinski definition) is 2. The SMILES string of the molecule is Cc1cc(C)c(NC(=N[C@H]2CCCC[C@@H]2N)N2CCc3ccccc3C2)c(C)c1. The molecule has 0 bridgehead atoms. The van der Waals surface area contributed by atoms with E-state index in [2.05, 4.69) is 67.4 Å². The third-order valence-electron chi connectivity index (χ3n) is 6.41. The lowest BCUT2D eigenvalue weighted by atomic mass is 9.91. The van der Waals surface area contributed by atoms with Crippen LogP contribution >= 0.6 is 0 Å². The second kappa shape index (κ2) is 8.58. The number of benzene rings is 2. The van der Waals surface area contributed by atoms with Gasteiger partial charge < -0.3 is 16.0 Å². The zero-order chi connectivity index (χ0) is 20.4. The number of aryl methyl sites for hydroxylation is 3. The van der Waals surface area contributed by atoms with Gasteiger partial charge in [0.15, 0.2) is 5.96 Å². The fourth-order valence-electron chi connectivity index (χ4n) is 4.82. The quantitative estimate of drug-likeness (QED) is 0.577. The maximum absolute atomic E-state index is 6.45. The average molecular weight is 391 g/mol. The van der Waals surface area contributed by atoms with Crippen molar-refractivity contribution in [3.63, 3.8) is 0 Å². The van der Waals surface area contributed by atoms with Gasteiger partial charge in [-0.3, -0.25) is 0 Å². The first-order valence-electron chi connectivity index (χ1n) is 11.0. The molecule has 2 atom stereocenters. The van der Waals surface area contributed by atoms with Crippen molar-refractivity contribution in [1.82, 2.24) is 4.90 Å². The Kier molecular flexibility index (Phi) is 5.91. The lowest BCUT2D eigenvalue weighted by molar-refractivity contribution is 0.363. The highest BCUT2D eigenvalue weighted by molar-refractivity contribution is 5.95. The Labute approximate surface area is 175 Å². The lowest BCUT2D eigenvalue weighted by Gasteiger charge is -2.34. The minimum atomic E-state index is 0.165. The molecule has 0 saturated heterocycles. The van der Waals surface area contributed by atoms with Gasteiger partial charge in [0.25, 0.3) is 0 Å². The number of anilines is 1. The Morgan fingerprint density at radius 1 is 1.03 bits per heavy atom. The zero-order valence-electron chi connectivity index (χ0n) is 18.0. The fraction of sp³-hybridized carbons (Fsp3) is 0.480. The maximum atomic E-state index is 6.45. The summed E-state index contributed by atoms with van der Waals surface area (Å²) in [5, 5.41) is 3.73. The average Bonchev–Trinajstić information content (AvgIpc) is 2.70. The molecule has 1 aliphatic carbocycles. The van der Waals surface area contributed by atoms with Crippen LogP contribution in [0, 0.1) is 20.8 Å². The number of aliphatic imine (C=N–C) groups is 1. The standard InChI is InChI=1S/C25H34N4/c1-17-14-18(2)24(19(3)15-17)28-25(27-23-11-7-6-10-22(23)26)29-13-12-20-8-4-5-9-21(20)16-29/h4-5,8-9,14-15,22-23H,6-7,10-13,16,26H2,1-3H3,(H,27,28)/t22-,23-/m0/s1. The van der Waals surface area contributed by atoms with Crippen molar-refractivity contribution in [2.24, 2.45) is 10.7 Å². The molecule has 29 heavy (non-hydrogen) atoms. The van der Waals surface area contributed by atoms with E-state index < -0.39 is 0 Å². The van der Waals surface area contributed by atoms with E-state index in [1.807, 2.05) is 0 Å². The molecule has 2 aliphatic rings. The molecule has 2 aromatic carbocycles. The molecule has 0 aromatic heterocycles. The van der Waals surface area contributed by atoms with Crippen LogP contribution in [-0.4, -0.2) is 29.5 Å². The Morgan fingerprint density at radius 3 is 2.45 bits per heavy atom. The molecule has 4 heteroatoms. The summed E-state index contributed by atoms with van der Waals surface area (Å²) in [6.45, 7) is 8.39. The van der Waals surface area contributed by atoms with Gasteiger partial charge >= 0.3 is 0 Å². The molecule has 3 N–H and O–H groups in total. The summed E-state index contributed by atoms with van der Waals surface area (Å²) in [6, 6.07) is 13.6. The van der Waals surface area contributed by atoms with Crippen LogP contribution in [0.4, 0.5) is 5.69 Å². The van der Waals surface area contributed by atoms with Crippen LogP contribution in [0.3, 0.4) is 0 Å². The molecule has 0 radical (unpaired) electrons. The van der Waals surface area contributed by atoms with Gasteiger partial charge in [-0.05, 0) is 62.3 Å². The summed E-state index contributed by atoms with van der Waals surface area (Å²) < 4.78 is 0. The number of guanidine groups is 1. The highest BCUT2D eigenvalue weighted by atomic mass is 15.3. The number of nitrogens with zero attached hydrogens (tertiary/aromatic N) is 2. The topological polar surface area (TPSA) is 53.6 Å². The molecule has 154 valence electrons. The van der Waals surface area contributed by atoms with Crippen LogP contribution in [0.1, 0.15) is 53.5 Å². The third kappa shape index (κ3) is 4.48. The molecular formula is C25H34N4. The van der Waals surface area contributed by atoms with E-state index in [9.17, 15) is 0 Å². The van der Waals surface area contributed by atoms with Gasteiger partial charge in [0, 0.05) is 24.8 Å². The molecule has 0 unspecified atom stereocenters. The summed E-state index contributed by atoms with van der Waals surface area (Å²) in [7, 11) is 0. The molecule has 1 saturated carbocycles. The van der Waals surface area contributed by atoms with Crippen molar-refractivity contribution in [3.8, 4) is 0 Å². The lowest BCUT2D eigenvalue weighted by Crippen LogP contribution is -2.44. The largest absolute Gasteiger partial charge is 0.338 e. The van der Waals surface area contributed by atoms with Crippen LogP contribution in [0.25, 0.3) is 0 Å². The molecule has 4 rings (SSSR count). The van der Waals surface area contributed by atoms with E-state index in [-0.39, 0.29) is 12.1 Å². The van der Waals surface area contributed by atoms with Crippen molar-refractivity contribution in [1.29, 1.82) is 0 Å². The Morgan fingerprint density at radius 2 is 1.72 bits per heavy atom. The van der Waals surface area contributed by atoms with E-state index in [1.54, 1.807) is 0 Å². The van der Waals surface area contributed by atoms with E-state index in [1.165, 1.54) is 46.3 Å². The number of hydrogen-bond donors (Lipinski definition) is 2. The van der Waals surface area contributed by atoms with Crippen LogP contribution in [0.2, 0.25) is 0 Å². The molecule has 1 heterocycles. The number of nitrogens with one attached hydrogen (secondary N) is 1. The Balaban J connectivity index is 1.67. The van der Waals surface area contributed by atoms with Gasteiger partial charge in [-0.15, -0.1) is 0 Å². The fourth-order valence-corrected chi connectivity index (χ4v) is 4.82. The molecule has 0 spiro atoms. The van der Waals surface area contributed by atoms with Gasteiger partial charge in [-0.25, -0.2) is 4.99 Å². The molecule has 1 fully saturated rings. The Hall–Kier alpha value is -2.33. The third-order valence-corrected chi connectivity index (χ3v) is 6.41. The first-order valence-corrected chi connectivity index (χ1v) is 11.0. The van der Waals surface area contributed by atoms with Crippen molar-refractivity contribution in [2.45, 2.75) is 71.5 Å². The summed E-state index contributed by atoms with van der Waals surface area (Å²) in [4.78, 5) is 7.62. The maximum Gasteiger partial charge on any atom is 0.199 e. The molecular weight excluding hydrogens is 356 g/mol. The monoisotopic (exact) mass is 390 g/mol. The van der Waals surface area contributed by atoms with Crippen molar-refractivity contribution in [3.05, 3.63) is 64.2 Å². The molecule has 2 aromatic rings. The summed E-state index contributed by atoms with van der Waals surface area (Å²) in [5.41, 5.74) is 14.3. The summed E-state index contributed by atoms with van der Waals surface area (Å²) >= 11 is 0. The van der Waals surface area contributed by atoms with Gasteiger partial charge in [-0.2, -0.15) is 0 Å². The zero-order valence-corrected chi connectivity index (χ0v) is 18.0. The second-order valence-electron chi connectivity index (χ2n) is 8.81. The van der Waals surface area contributed by atoms with E-state index in [4.69, 9.17) is 10.7 Å². The van der Waals surface area contributed by atoms with Gasteiger partial charge in [0.2, 0.25) is 0 Å². The summed E-state index contributed by atoms with van der Waals surface area (Å²) in [5.74, 6) is 0.983. The van der Waals surface area contributed by atoms with Gasteiger partial charge in [-0.1, -0.05) is 54.8 Å². The number of rotatable bonds is 2. The smallest absolute Gasteiger partial charge is 0.199 e. The summed E-state index contributed by atoms with van der Waals surface area (Å²) in [6.07, 6.45) is 5.67. The number of fused-ring (bicyclic) bond motifs is 1. The minimum absolute atomic E-state index is 0.165. The van der Waals surface area contributed by atoms with Gasteiger partial charge in [0.05, 0.1) is 6.04 Å². The molecule has 4 nitrogen and oxygen atoms in total. The van der Waals surface area contributed by atoms with E-state index >= 15 is 0 Å². The van der Waals surface area contributed by atoms with Crippen LogP contribution in [0.15, 0.2) is 41.4 Å². The van der Waals surface area contributed by atoms with E-state index in [0.29, 0.717) is 0 Å². The first kappa shape index (κ1) is 20.0. The highest BCUT2D eigenvalue weighted by Gasteiger charge is 2.25. The second-order valence-corrected chi connectivity index (χ2v) is 8.81. The van der Waals surface area contributed by atoms with Crippen molar-refractivity contribution < 1.29 is 0 Å². The van der Waals surface area contributed by atoms with Crippen LogP contribution in [-0.2, 0) is 13.0 Å². The molecule has 1 aliphatic heterocycles. The molecule has 0 amide bonds. The van der Waals surface area contributed by atoms with Crippen LogP contribution < -0.4 is 11.1 Å². The number of nitrogens with two attached hydrogens (primary N) is 1. The van der Waals surface area contributed by atoms with Gasteiger partial charge in [0.1, 0.15) is 0 Å². The first-order chi connectivity index (χ1) is 14.0. The predicted octanol–water partition coefficient (Wildman–Crippen LogP) is 4.71. The van der Waals surface area contributed by atoms with Crippen molar-refractivity contribution >= 4 is 11.6 Å².